The highest BCUT2D eigenvalue weighted by atomic mass is 32.1. The van der Waals surface area contributed by atoms with E-state index in [4.69, 9.17) is 22.0 Å². The number of carbonyl (C=O) groups is 2. The van der Waals surface area contributed by atoms with Crippen molar-refractivity contribution in [2.45, 2.75) is 147 Å². The number of fused-ring (bicyclic) bond motifs is 2. The van der Waals surface area contributed by atoms with Crippen molar-refractivity contribution in [1.82, 2.24) is 4.90 Å². The van der Waals surface area contributed by atoms with Gasteiger partial charge in [-0.25, -0.2) is 0 Å². The van der Waals surface area contributed by atoms with Crippen LogP contribution in [0.2, 0.25) is 0 Å². The molecule has 1 radical (unpaired) electrons. The molecule has 3 fully saturated rings. The summed E-state index contributed by atoms with van der Waals surface area (Å²) >= 11 is 4.71. The Bertz CT molecular complexity index is 1130. The Labute approximate surface area is 267 Å². The molecule has 3 aliphatic heterocycles. The number of carbonyl (C=O) groups excluding carboxylic acids is 2. The van der Waals surface area contributed by atoms with Crippen molar-refractivity contribution in [1.29, 1.82) is 0 Å². The molecule has 1 spiro atoms. The van der Waals surface area contributed by atoms with Gasteiger partial charge in [-0.1, -0.05) is 70.5 Å². The zero-order valence-electron chi connectivity index (χ0n) is 28.1. The normalized spacial score (nSPS) is 26.3. The molecule has 1 aromatic carbocycles. The van der Waals surface area contributed by atoms with E-state index in [1.165, 1.54) is 32.1 Å². The molecule has 0 bridgehead atoms. The summed E-state index contributed by atoms with van der Waals surface area (Å²) in [5, 5.41) is 0. The third-order valence-corrected chi connectivity index (χ3v) is 11.2. The van der Waals surface area contributed by atoms with Crippen LogP contribution < -0.4 is 10.4 Å². The highest BCUT2D eigenvalue weighted by Crippen LogP contribution is 2.51. The lowest BCUT2D eigenvalue weighted by Crippen LogP contribution is -2.59. The summed E-state index contributed by atoms with van der Waals surface area (Å²) < 4.78 is 11.5. The van der Waals surface area contributed by atoms with Gasteiger partial charge < -0.3 is 19.2 Å². The van der Waals surface area contributed by atoms with Crippen LogP contribution in [0.5, 0.6) is 0 Å². The fourth-order valence-electron chi connectivity index (χ4n) is 6.64. The maximum Gasteiger partial charge on any atom is 0.330 e. The van der Waals surface area contributed by atoms with E-state index in [2.05, 4.69) is 43.9 Å². The smallest absolute Gasteiger partial charge is 0.330 e. The summed E-state index contributed by atoms with van der Waals surface area (Å²) in [7, 11) is 1.80. The van der Waals surface area contributed by atoms with Crippen molar-refractivity contribution in [3.63, 3.8) is 0 Å². The molecule has 239 valence electrons. The molecule has 1 atom stereocenters. The molecule has 1 aromatic rings. The Balaban J connectivity index is 0.000000541. The molecule has 2 saturated heterocycles. The van der Waals surface area contributed by atoms with Gasteiger partial charge in [0.1, 0.15) is 5.60 Å². The fraction of sp³-hybridized carbons (Fsp3) is 0.771. The van der Waals surface area contributed by atoms with E-state index in [1.807, 2.05) is 39.5 Å². The Kier molecular flexibility index (Phi) is 10.8. The minimum absolute atomic E-state index is 0.0655. The van der Waals surface area contributed by atoms with Crippen LogP contribution >= 0.6 is 12.6 Å². The molecule has 1 unspecified atom stereocenters. The van der Waals surface area contributed by atoms with E-state index in [9.17, 15) is 9.59 Å². The van der Waals surface area contributed by atoms with Crippen LogP contribution in [0.4, 0.5) is 5.69 Å². The summed E-state index contributed by atoms with van der Waals surface area (Å²) in [5.41, 5.74) is 1.37. The Morgan fingerprint density at radius 2 is 1.67 bits per heavy atom. The number of piperidine rings is 1. The first kappa shape index (κ1) is 34.4. The number of unbranched alkanes of at least 4 members (excludes halogenated alkanes) is 4. The predicted molar refractivity (Wildman–Crippen MR) is 181 cm³/mol. The average Bonchev–Trinajstić information content (AvgIpc) is 3.15. The van der Waals surface area contributed by atoms with Gasteiger partial charge in [-0.2, -0.15) is 12.6 Å². The van der Waals surface area contributed by atoms with Crippen LogP contribution in [0.15, 0.2) is 18.2 Å². The van der Waals surface area contributed by atoms with Crippen LogP contribution in [-0.4, -0.2) is 65.9 Å². The number of ether oxygens (including phenoxy) is 1. The number of hydrogen-bond donors (Lipinski definition) is 1. The van der Waals surface area contributed by atoms with Crippen LogP contribution in [0.1, 0.15) is 125 Å². The maximum atomic E-state index is 14.1. The standard InChI is InChI=1S/C28H40BN2O4S.C7H16/c1-18-15-20(16-18)31-22-17-19(29-35-25(2,3)26(4,5)36)7-8-21(22)28(24(31)33)9-12-30(13-10-28)23(32)27(6)11-14-34-27;1-3-5-7-6-4-2/h7-8,17-18,20,36H,9-16H2,1-6H3;3-7H2,1-2H3. The minimum Gasteiger partial charge on any atom is -0.428 e. The summed E-state index contributed by atoms with van der Waals surface area (Å²) in [5.74, 6) is 0.917. The molecule has 1 saturated carbocycles. The molecule has 2 amide bonds. The van der Waals surface area contributed by atoms with Gasteiger partial charge in [-0.15, -0.1) is 0 Å². The summed E-state index contributed by atoms with van der Waals surface area (Å²) in [6.45, 7) is 18.6. The summed E-state index contributed by atoms with van der Waals surface area (Å²) in [6.07, 6.45) is 11.2. The lowest BCUT2D eigenvalue weighted by Gasteiger charge is -2.45. The lowest BCUT2D eigenvalue weighted by molar-refractivity contribution is -0.183. The predicted octanol–water partition coefficient (Wildman–Crippen LogP) is 6.60. The molecule has 1 aliphatic carbocycles. The summed E-state index contributed by atoms with van der Waals surface area (Å²) in [4.78, 5) is 31.2. The Morgan fingerprint density at radius 3 is 2.16 bits per heavy atom. The second kappa shape index (κ2) is 13.5. The number of hydrogen-bond acceptors (Lipinski definition) is 5. The van der Waals surface area contributed by atoms with Gasteiger partial charge in [-0.3, -0.25) is 9.59 Å². The number of rotatable bonds is 10. The van der Waals surface area contributed by atoms with Gasteiger partial charge in [-0.05, 0) is 77.8 Å². The maximum absolute atomic E-state index is 14.1. The number of nitrogens with zero attached hydrogens (tertiary/aromatic N) is 2. The van der Waals surface area contributed by atoms with Crippen LogP contribution in [-0.2, 0) is 24.4 Å². The number of anilines is 1. The van der Waals surface area contributed by atoms with Crippen LogP contribution in [0.25, 0.3) is 0 Å². The van der Waals surface area contributed by atoms with E-state index in [0.717, 1.165) is 36.0 Å². The number of likely N-dealkylation sites (tertiary alicyclic amines) is 1. The molecule has 5 rings (SSSR count). The topological polar surface area (TPSA) is 59.1 Å². The monoisotopic (exact) mass is 611 g/mol. The SMILES string of the molecule is CC1CC(N2C(=O)C3(CCN(C(=O)C4(C)CCO4)CC3)c3ccc([B]OC(C)(C)C(C)(C)S)cc32)C1.CCCCCCC. The highest BCUT2D eigenvalue weighted by molar-refractivity contribution is 7.81. The highest BCUT2D eigenvalue weighted by Gasteiger charge is 2.56. The van der Waals surface area contributed by atoms with Crippen molar-refractivity contribution in [3.8, 4) is 0 Å². The minimum atomic E-state index is -0.684. The summed E-state index contributed by atoms with van der Waals surface area (Å²) in [6, 6.07) is 6.55. The van der Waals surface area contributed by atoms with E-state index < -0.39 is 16.6 Å². The fourth-order valence-corrected chi connectivity index (χ4v) is 6.69. The van der Waals surface area contributed by atoms with Crippen LogP contribution in [0, 0.1) is 5.92 Å². The molecular formula is C35H56BN2O4S. The molecule has 3 heterocycles. The van der Waals surface area contributed by atoms with Crippen molar-refractivity contribution >= 4 is 43.1 Å². The Morgan fingerprint density at radius 1 is 1.07 bits per heavy atom. The molecule has 6 nitrogen and oxygen atoms in total. The lowest BCUT2D eigenvalue weighted by atomic mass is 9.72. The molecular weight excluding hydrogens is 555 g/mol. The van der Waals surface area contributed by atoms with E-state index in [0.29, 0.717) is 38.5 Å². The second-order valence-corrected chi connectivity index (χ2v) is 15.9. The van der Waals surface area contributed by atoms with Gasteiger partial charge >= 0.3 is 7.48 Å². The quantitative estimate of drug-likeness (QED) is 0.184. The van der Waals surface area contributed by atoms with Gasteiger partial charge in [0.15, 0.2) is 0 Å². The van der Waals surface area contributed by atoms with Gasteiger partial charge in [0, 0.05) is 36.0 Å². The third kappa shape index (κ3) is 7.01. The average molecular weight is 612 g/mol. The zero-order chi connectivity index (χ0) is 31.6. The Hall–Kier alpha value is -1.51. The third-order valence-electron chi connectivity index (χ3n) is 10.7. The van der Waals surface area contributed by atoms with Crippen LogP contribution in [0.3, 0.4) is 0 Å². The van der Waals surface area contributed by atoms with Crippen molar-refractivity contribution < 1.29 is 19.0 Å². The van der Waals surface area contributed by atoms with E-state index in [1.54, 1.807) is 7.48 Å². The molecule has 8 heteroatoms. The van der Waals surface area contributed by atoms with Crippen molar-refractivity contribution in [3.05, 3.63) is 23.8 Å². The first-order chi connectivity index (χ1) is 20.2. The van der Waals surface area contributed by atoms with E-state index >= 15 is 0 Å². The zero-order valence-corrected chi connectivity index (χ0v) is 29.0. The number of amides is 2. The number of benzene rings is 1. The largest absolute Gasteiger partial charge is 0.428 e. The molecule has 4 aliphatic rings. The second-order valence-electron chi connectivity index (χ2n) is 14.8. The molecule has 0 N–H and O–H groups in total. The first-order valence-corrected chi connectivity index (χ1v) is 17.3. The first-order valence-electron chi connectivity index (χ1n) is 16.8. The number of thiol groups is 1. The van der Waals surface area contributed by atoms with Gasteiger partial charge in [0.05, 0.1) is 17.6 Å². The molecule has 43 heavy (non-hydrogen) atoms. The van der Waals surface area contributed by atoms with Crippen molar-refractivity contribution in [2.75, 3.05) is 24.6 Å². The molecule has 0 aromatic heterocycles. The van der Waals surface area contributed by atoms with Crippen molar-refractivity contribution in [2.24, 2.45) is 5.92 Å². The van der Waals surface area contributed by atoms with Gasteiger partial charge in [0.25, 0.3) is 5.91 Å². The van der Waals surface area contributed by atoms with E-state index in [-0.39, 0.29) is 22.6 Å². The van der Waals surface area contributed by atoms with Gasteiger partial charge in [0.2, 0.25) is 5.91 Å².